The monoisotopic (exact) mass is 247 g/mol. The lowest BCUT2D eigenvalue weighted by atomic mass is 9.93. The van der Waals surface area contributed by atoms with E-state index >= 15 is 0 Å². The minimum absolute atomic E-state index is 0.389. The van der Waals surface area contributed by atoms with Crippen LogP contribution in [0.1, 0.15) is 44.7 Å². The molecule has 1 aliphatic carbocycles. The molecule has 0 aliphatic heterocycles. The van der Waals surface area contributed by atoms with Crippen molar-refractivity contribution in [3.8, 4) is 5.75 Å². The van der Waals surface area contributed by atoms with Crippen LogP contribution in [0.15, 0.2) is 18.2 Å². The van der Waals surface area contributed by atoms with Crippen LogP contribution in [0, 0.1) is 0 Å². The third-order valence-electron chi connectivity index (χ3n) is 3.98. The van der Waals surface area contributed by atoms with Gasteiger partial charge >= 0.3 is 0 Å². The van der Waals surface area contributed by atoms with Crippen molar-refractivity contribution in [1.29, 1.82) is 0 Å². The lowest BCUT2D eigenvalue weighted by Gasteiger charge is -2.20. The topological polar surface area (TPSA) is 21.3 Å². The maximum Gasteiger partial charge on any atom is 0.122 e. The Kier molecular flexibility index (Phi) is 3.96. The standard InChI is InChI=1S/C16H25NO/c1-5-13-10-14(6-7-15(13)18-4)16(8-9-16)11-17-12(2)3/h6-7,10,12,17H,5,8-9,11H2,1-4H3. The van der Waals surface area contributed by atoms with E-state index < -0.39 is 0 Å². The van der Waals surface area contributed by atoms with Crippen molar-refractivity contribution in [2.24, 2.45) is 0 Å². The molecular formula is C16H25NO. The molecule has 0 heterocycles. The Bertz CT molecular complexity index is 408. The zero-order valence-electron chi connectivity index (χ0n) is 12.0. The van der Waals surface area contributed by atoms with Crippen LogP contribution in [0.2, 0.25) is 0 Å². The van der Waals surface area contributed by atoms with Gasteiger partial charge in [-0.2, -0.15) is 0 Å². The Balaban J connectivity index is 2.18. The molecule has 18 heavy (non-hydrogen) atoms. The minimum atomic E-state index is 0.389. The highest BCUT2D eigenvalue weighted by molar-refractivity contribution is 5.42. The number of aryl methyl sites for hydroxylation is 1. The van der Waals surface area contributed by atoms with Crippen LogP contribution in [0.4, 0.5) is 0 Å². The summed E-state index contributed by atoms with van der Waals surface area (Å²) in [5.74, 6) is 1.02. The summed E-state index contributed by atoms with van der Waals surface area (Å²) in [6.07, 6.45) is 3.65. The fraction of sp³-hybridized carbons (Fsp3) is 0.625. The molecular weight excluding hydrogens is 222 g/mol. The second kappa shape index (κ2) is 5.31. The summed E-state index contributed by atoms with van der Waals surface area (Å²) in [5.41, 5.74) is 3.19. The van der Waals surface area contributed by atoms with E-state index in [0.717, 1.165) is 18.7 Å². The highest BCUT2D eigenvalue weighted by Crippen LogP contribution is 2.48. The van der Waals surface area contributed by atoms with Crippen molar-refractivity contribution >= 4 is 0 Å². The molecule has 1 N–H and O–H groups in total. The summed E-state index contributed by atoms with van der Waals surface area (Å²) >= 11 is 0. The van der Waals surface area contributed by atoms with Gasteiger partial charge in [-0.05, 0) is 36.5 Å². The number of nitrogens with one attached hydrogen (secondary N) is 1. The van der Waals surface area contributed by atoms with E-state index in [1.807, 2.05) is 0 Å². The molecule has 1 fully saturated rings. The molecule has 0 aromatic heterocycles. The summed E-state index contributed by atoms with van der Waals surface area (Å²) in [6, 6.07) is 7.27. The molecule has 0 unspecified atom stereocenters. The fourth-order valence-corrected chi connectivity index (χ4v) is 2.50. The Hall–Kier alpha value is -1.02. The molecule has 0 spiro atoms. The van der Waals surface area contributed by atoms with Gasteiger partial charge in [0.2, 0.25) is 0 Å². The molecule has 0 atom stereocenters. The molecule has 0 radical (unpaired) electrons. The van der Waals surface area contributed by atoms with Crippen molar-refractivity contribution in [3.63, 3.8) is 0 Å². The van der Waals surface area contributed by atoms with E-state index in [0.29, 0.717) is 11.5 Å². The third-order valence-corrected chi connectivity index (χ3v) is 3.98. The Morgan fingerprint density at radius 3 is 2.56 bits per heavy atom. The van der Waals surface area contributed by atoms with Crippen molar-refractivity contribution in [2.75, 3.05) is 13.7 Å². The molecule has 0 bridgehead atoms. The van der Waals surface area contributed by atoms with Crippen molar-refractivity contribution in [3.05, 3.63) is 29.3 Å². The van der Waals surface area contributed by atoms with Crippen LogP contribution in [0.3, 0.4) is 0 Å². The summed E-state index contributed by atoms with van der Waals surface area (Å²) in [7, 11) is 1.75. The van der Waals surface area contributed by atoms with Gasteiger partial charge in [-0.25, -0.2) is 0 Å². The van der Waals surface area contributed by atoms with E-state index in [-0.39, 0.29) is 0 Å². The number of methoxy groups -OCH3 is 1. The summed E-state index contributed by atoms with van der Waals surface area (Å²) in [5, 5.41) is 3.58. The van der Waals surface area contributed by atoms with Crippen LogP contribution in [0.5, 0.6) is 5.75 Å². The predicted octanol–water partition coefficient (Wildman–Crippen LogP) is 3.29. The second-order valence-corrected chi connectivity index (χ2v) is 5.70. The quantitative estimate of drug-likeness (QED) is 0.833. The maximum absolute atomic E-state index is 5.41. The number of ether oxygens (including phenoxy) is 1. The third kappa shape index (κ3) is 2.69. The Morgan fingerprint density at radius 1 is 1.33 bits per heavy atom. The van der Waals surface area contributed by atoms with E-state index in [9.17, 15) is 0 Å². The SMILES string of the molecule is CCc1cc(C2(CNC(C)C)CC2)ccc1OC. The van der Waals surface area contributed by atoms with Gasteiger partial charge in [-0.15, -0.1) is 0 Å². The number of rotatable bonds is 6. The lowest BCUT2D eigenvalue weighted by molar-refractivity contribution is 0.409. The van der Waals surface area contributed by atoms with Crippen molar-refractivity contribution in [1.82, 2.24) is 5.32 Å². The van der Waals surface area contributed by atoms with Gasteiger partial charge in [0.15, 0.2) is 0 Å². The number of hydrogen-bond acceptors (Lipinski definition) is 2. The minimum Gasteiger partial charge on any atom is -0.496 e. The first-order chi connectivity index (χ1) is 8.61. The largest absolute Gasteiger partial charge is 0.496 e. The lowest BCUT2D eigenvalue weighted by Crippen LogP contribution is -2.32. The van der Waals surface area contributed by atoms with Gasteiger partial charge < -0.3 is 10.1 Å². The van der Waals surface area contributed by atoms with Crippen molar-refractivity contribution in [2.45, 2.75) is 51.5 Å². The summed E-state index contributed by atoms with van der Waals surface area (Å²) < 4.78 is 5.41. The molecule has 100 valence electrons. The molecule has 0 amide bonds. The highest BCUT2D eigenvalue weighted by atomic mass is 16.5. The summed E-state index contributed by atoms with van der Waals surface area (Å²) in [4.78, 5) is 0. The van der Waals surface area contributed by atoms with Gasteiger partial charge in [0, 0.05) is 18.0 Å². The van der Waals surface area contributed by atoms with Gasteiger partial charge in [-0.1, -0.05) is 32.9 Å². The Morgan fingerprint density at radius 2 is 2.06 bits per heavy atom. The normalized spacial score (nSPS) is 16.9. The molecule has 0 saturated heterocycles. The van der Waals surface area contributed by atoms with Gasteiger partial charge in [-0.3, -0.25) is 0 Å². The molecule has 2 rings (SSSR count). The molecule has 1 aliphatic rings. The van der Waals surface area contributed by atoms with Crippen LogP contribution >= 0.6 is 0 Å². The molecule has 1 aromatic carbocycles. The molecule has 1 aromatic rings. The fourth-order valence-electron chi connectivity index (χ4n) is 2.50. The highest BCUT2D eigenvalue weighted by Gasteiger charge is 2.44. The van der Waals surface area contributed by atoms with Crippen LogP contribution in [-0.4, -0.2) is 19.7 Å². The van der Waals surface area contributed by atoms with Gasteiger partial charge in [0.1, 0.15) is 5.75 Å². The second-order valence-electron chi connectivity index (χ2n) is 5.70. The smallest absolute Gasteiger partial charge is 0.122 e. The average molecular weight is 247 g/mol. The first kappa shape index (κ1) is 13.4. The van der Waals surface area contributed by atoms with E-state index in [1.165, 1.54) is 24.0 Å². The Labute approximate surface area is 111 Å². The zero-order valence-corrected chi connectivity index (χ0v) is 12.0. The van der Waals surface area contributed by atoms with Crippen LogP contribution < -0.4 is 10.1 Å². The van der Waals surface area contributed by atoms with Crippen LogP contribution in [0.25, 0.3) is 0 Å². The van der Waals surface area contributed by atoms with Crippen molar-refractivity contribution < 1.29 is 4.74 Å². The summed E-state index contributed by atoms with van der Waals surface area (Å²) in [6.45, 7) is 7.71. The van der Waals surface area contributed by atoms with E-state index in [4.69, 9.17) is 4.74 Å². The van der Waals surface area contributed by atoms with Crippen LogP contribution in [-0.2, 0) is 11.8 Å². The molecule has 2 nitrogen and oxygen atoms in total. The van der Waals surface area contributed by atoms with Gasteiger partial charge in [0.25, 0.3) is 0 Å². The predicted molar refractivity (Wildman–Crippen MR) is 76.4 cm³/mol. The van der Waals surface area contributed by atoms with Gasteiger partial charge in [0.05, 0.1) is 7.11 Å². The first-order valence-corrected chi connectivity index (χ1v) is 7.02. The maximum atomic E-state index is 5.41. The van der Waals surface area contributed by atoms with E-state index in [1.54, 1.807) is 7.11 Å². The molecule has 1 saturated carbocycles. The first-order valence-electron chi connectivity index (χ1n) is 7.02. The molecule has 2 heteroatoms. The number of hydrogen-bond donors (Lipinski definition) is 1. The average Bonchev–Trinajstić information content (AvgIpc) is 3.16. The number of benzene rings is 1. The van der Waals surface area contributed by atoms with E-state index in [2.05, 4.69) is 44.3 Å². The zero-order chi connectivity index (χ0) is 13.2.